The van der Waals surface area contributed by atoms with Crippen LogP contribution in [0, 0.1) is 0 Å². The molecule has 0 radical (unpaired) electrons. The average molecular weight is 274 g/mol. The second-order valence-electron chi connectivity index (χ2n) is 6.33. The van der Waals surface area contributed by atoms with Gasteiger partial charge < -0.3 is 10.6 Å². The lowest BCUT2D eigenvalue weighted by Gasteiger charge is -2.44. The van der Waals surface area contributed by atoms with Gasteiger partial charge >= 0.3 is 0 Å². The van der Waals surface area contributed by atoms with Crippen molar-refractivity contribution in [2.75, 3.05) is 39.8 Å². The van der Waals surface area contributed by atoms with Gasteiger partial charge in [-0.25, -0.2) is 10.4 Å². The van der Waals surface area contributed by atoms with E-state index in [0.717, 1.165) is 45.4 Å². The molecule has 2 aliphatic rings. The first kappa shape index (κ1) is 14.0. The third-order valence-corrected chi connectivity index (χ3v) is 4.81. The zero-order valence-corrected chi connectivity index (χ0v) is 12.4. The second-order valence-corrected chi connectivity index (χ2v) is 6.33. The summed E-state index contributed by atoms with van der Waals surface area (Å²) in [5, 5.41) is 2.38. The number of benzene rings is 1. The highest BCUT2D eigenvalue weighted by Gasteiger charge is 2.35. The molecule has 1 fully saturated rings. The third-order valence-electron chi connectivity index (χ3n) is 4.81. The Morgan fingerprint density at radius 3 is 2.55 bits per heavy atom. The molecule has 0 aromatic heterocycles. The van der Waals surface area contributed by atoms with Crippen LogP contribution in [0.25, 0.3) is 0 Å². The van der Waals surface area contributed by atoms with Gasteiger partial charge in [0.2, 0.25) is 0 Å². The molecule has 0 bridgehead atoms. The summed E-state index contributed by atoms with van der Waals surface area (Å²) in [5.41, 5.74) is 12.9. The van der Waals surface area contributed by atoms with Gasteiger partial charge in [-0.2, -0.15) is 0 Å². The largest absolute Gasteiger partial charge is 0.329 e. The summed E-state index contributed by atoms with van der Waals surface area (Å²) in [5.74, 6) is 0. The molecule has 1 unspecified atom stereocenters. The molecule has 4 nitrogen and oxygen atoms in total. The Morgan fingerprint density at radius 2 is 1.85 bits per heavy atom. The molecule has 1 aliphatic carbocycles. The summed E-state index contributed by atoms with van der Waals surface area (Å²) in [4.78, 5) is 2.38. The lowest BCUT2D eigenvalue weighted by Crippen LogP contribution is -2.63. The summed E-state index contributed by atoms with van der Waals surface area (Å²) >= 11 is 0. The minimum atomic E-state index is 0.0459. The van der Waals surface area contributed by atoms with E-state index >= 15 is 0 Å². The number of nitrogens with two attached hydrogens (primary N) is 1. The number of hydrazine groups is 1. The third kappa shape index (κ3) is 2.88. The van der Waals surface area contributed by atoms with Gasteiger partial charge in [-0.3, -0.25) is 0 Å². The fourth-order valence-corrected chi connectivity index (χ4v) is 3.37. The van der Waals surface area contributed by atoms with E-state index in [1.807, 2.05) is 0 Å². The average Bonchev–Trinajstić information content (AvgIpc) is 2.49. The number of nitrogens with one attached hydrogen (secondary N) is 1. The number of aryl methyl sites for hydroxylation is 1. The zero-order valence-electron chi connectivity index (χ0n) is 12.4. The van der Waals surface area contributed by atoms with Crippen LogP contribution in [0.5, 0.6) is 0 Å². The first-order valence-corrected chi connectivity index (χ1v) is 7.69. The van der Waals surface area contributed by atoms with E-state index in [0.29, 0.717) is 6.54 Å². The van der Waals surface area contributed by atoms with Gasteiger partial charge in [0.15, 0.2) is 0 Å². The molecule has 20 heavy (non-hydrogen) atoms. The van der Waals surface area contributed by atoms with Crippen molar-refractivity contribution in [1.82, 2.24) is 15.3 Å². The zero-order chi connectivity index (χ0) is 14.0. The van der Waals surface area contributed by atoms with Crippen molar-refractivity contribution >= 4 is 0 Å². The molecule has 0 amide bonds. The Kier molecular flexibility index (Phi) is 4.08. The smallest absolute Gasteiger partial charge is 0.0491 e. The van der Waals surface area contributed by atoms with Gasteiger partial charge in [0.1, 0.15) is 0 Å². The highest BCUT2D eigenvalue weighted by molar-refractivity contribution is 5.32. The Labute approximate surface area is 121 Å². The van der Waals surface area contributed by atoms with Crippen LogP contribution in [0.15, 0.2) is 24.3 Å². The number of piperazine rings is 1. The lowest BCUT2D eigenvalue weighted by atomic mass is 9.78. The van der Waals surface area contributed by atoms with Crippen molar-refractivity contribution in [2.45, 2.75) is 24.8 Å². The first-order valence-electron chi connectivity index (χ1n) is 7.69. The van der Waals surface area contributed by atoms with Gasteiger partial charge in [-0.1, -0.05) is 24.3 Å². The predicted octanol–water partition coefficient (Wildman–Crippen LogP) is 0.625. The Bertz CT molecular complexity index is 454. The van der Waals surface area contributed by atoms with Crippen molar-refractivity contribution in [3.05, 3.63) is 35.4 Å². The van der Waals surface area contributed by atoms with Crippen LogP contribution in [-0.2, 0) is 12.8 Å². The number of rotatable bonds is 3. The SMILES string of the molecule is CN1CCN(NC2(CN)CCc3ccccc3C2)CC1. The highest BCUT2D eigenvalue weighted by Crippen LogP contribution is 2.28. The maximum atomic E-state index is 6.14. The van der Waals surface area contributed by atoms with Crippen molar-refractivity contribution < 1.29 is 0 Å². The van der Waals surface area contributed by atoms with Gasteiger partial charge in [0.25, 0.3) is 0 Å². The van der Waals surface area contributed by atoms with Crippen LogP contribution >= 0.6 is 0 Å². The van der Waals surface area contributed by atoms with Crippen LogP contribution in [0.1, 0.15) is 17.5 Å². The molecule has 1 aliphatic heterocycles. The summed E-state index contributed by atoms with van der Waals surface area (Å²) < 4.78 is 0. The van der Waals surface area contributed by atoms with Gasteiger partial charge in [-0.05, 0) is 37.4 Å². The van der Waals surface area contributed by atoms with Gasteiger partial charge in [-0.15, -0.1) is 0 Å². The second kappa shape index (κ2) is 5.82. The van der Waals surface area contributed by atoms with E-state index < -0.39 is 0 Å². The van der Waals surface area contributed by atoms with E-state index in [1.165, 1.54) is 11.1 Å². The molecule has 110 valence electrons. The number of nitrogens with zero attached hydrogens (tertiary/aromatic N) is 2. The quantitative estimate of drug-likeness (QED) is 0.848. The van der Waals surface area contributed by atoms with Gasteiger partial charge in [0.05, 0.1) is 0 Å². The van der Waals surface area contributed by atoms with Crippen LogP contribution in [0.4, 0.5) is 0 Å². The monoisotopic (exact) mass is 274 g/mol. The predicted molar refractivity (Wildman–Crippen MR) is 82.5 cm³/mol. The molecule has 1 saturated heterocycles. The molecule has 0 spiro atoms. The first-order chi connectivity index (χ1) is 9.71. The molecule has 3 N–H and O–H groups in total. The van der Waals surface area contributed by atoms with E-state index in [2.05, 4.69) is 46.6 Å². The van der Waals surface area contributed by atoms with Crippen LogP contribution in [0.3, 0.4) is 0 Å². The lowest BCUT2D eigenvalue weighted by molar-refractivity contribution is 0.0490. The molecule has 1 heterocycles. The van der Waals surface area contributed by atoms with Gasteiger partial charge in [0, 0.05) is 38.3 Å². The van der Waals surface area contributed by atoms with Crippen LogP contribution < -0.4 is 11.2 Å². The molecular formula is C16H26N4. The van der Waals surface area contributed by atoms with Crippen LogP contribution in [-0.4, -0.2) is 55.2 Å². The summed E-state index contributed by atoms with van der Waals surface area (Å²) in [6.07, 6.45) is 3.31. The molecule has 1 aromatic carbocycles. The Balaban J connectivity index is 1.70. The summed E-state index contributed by atoms with van der Waals surface area (Å²) in [7, 11) is 2.19. The van der Waals surface area contributed by atoms with Crippen molar-refractivity contribution in [3.8, 4) is 0 Å². The molecule has 4 heteroatoms. The van der Waals surface area contributed by atoms with Crippen molar-refractivity contribution in [1.29, 1.82) is 0 Å². The standard InChI is InChI=1S/C16H26N4/c1-19-8-10-20(11-9-19)18-16(13-17)7-6-14-4-2-3-5-15(14)12-16/h2-5,18H,6-13,17H2,1H3. The normalized spacial score (nSPS) is 28.3. The Hall–Kier alpha value is -0.940. The number of likely N-dealkylation sites (N-methyl/N-ethyl adjacent to an activating group) is 1. The maximum absolute atomic E-state index is 6.14. The van der Waals surface area contributed by atoms with E-state index in [9.17, 15) is 0 Å². The fraction of sp³-hybridized carbons (Fsp3) is 0.625. The van der Waals surface area contributed by atoms with E-state index in [-0.39, 0.29) is 5.54 Å². The fourth-order valence-electron chi connectivity index (χ4n) is 3.37. The molecule has 0 saturated carbocycles. The minimum absolute atomic E-state index is 0.0459. The highest BCUT2D eigenvalue weighted by atomic mass is 15.5. The molecule has 1 atom stereocenters. The number of hydrogen-bond donors (Lipinski definition) is 2. The number of fused-ring (bicyclic) bond motifs is 1. The molecule has 3 rings (SSSR count). The molecule has 1 aromatic rings. The maximum Gasteiger partial charge on any atom is 0.0491 e. The Morgan fingerprint density at radius 1 is 1.15 bits per heavy atom. The molecular weight excluding hydrogens is 248 g/mol. The summed E-state index contributed by atoms with van der Waals surface area (Å²) in [6.45, 7) is 5.13. The number of hydrogen-bond acceptors (Lipinski definition) is 4. The van der Waals surface area contributed by atoms with Crippen LogP contribution in [0.2, 0.25) is 0 Å². The van der Waals surface area contributed by atoms with E-state index in [1.54, 1.807) is 0 Å². The van der Waals surface area contributed by atoms with E-state index in [4.69, 9.17) is 5.73 Å². The topological polar surface area (TPSA) is 44.5 Å². The van der Waals surface area contributed by atoms with Crippen molar-refractivity contribution in [3.63, 3.8) is 0 Å². The summed E-state index contributed by atoms with van der Waals surface area (Å²) in [6, 6.07) is 8.79. The minimum Gasteiger partial charge on any atom is -0.329 e. The van der Waals surface area contributed by atoms with Crippen molar-refractivity contribution in [2.24, 2.45) is 5.73 Å².